The third-order valence-electron chi connectivity index (χ3n) is 13.9. The molecule has 8 aromatic rings. The van der Waals surface area contributed by atoms with Gasteiger partial charge in [0.1, 0.15) is 23.8 Å². The van der Waals surface area contributed by atoms with Crippen molar-refractivity contribution in [2.24, 2.45) is 0 Å². The van der Waals surface area contributed by atoms with Crippen molar-refractivity contribution in [3.05, 3.63) is 270 Å². The van der Waals surface area contributed by atoms with Gasteiger partial charge in [0.25, 0.3) is 5.60 Å². The third-order valence-corrected chi connectivity index (χ3v) is 16.2. The average Bonchev–Trinajstić information content (AvgIpc) is 4.22. The molecule has 10 heteroatoms. The second kappa shape index (κ2) is 17.2. The van der Waals surface area contributed by atoms with Crippen LogP contribution in [0.3, 0.4) is 0 Å². The minimum atomic E-state index is -5.14. The molecule has 342 valence electrons. The normalized spacial score (nSPS) is 17.2. The molecule has 0 fully saturated rings. The number of hydrogen-bond acceptors (Lipinski definition) is 7. The van der Waals surface area contributed by atoms with E-state index in [1.165, 1.54) is 41.7 Å². The summed E-state index contributed by atoms with van der Waals surface area (Å²) in [5.41, 5.74) is 3.59. The van der Waals surface area contributed by atoms with Crippen LogP contribution in [0.5, 0.6) is 0 Å². The fourth-order valence-corrected chi connectivity index (χ4v) is 13.5. The van der Waals surface area contributed by atoms with Crippen LogP contribution in [-0.4, -0.2) is 20.3 Å². The van der Waals surface area contributed by atoms with Crippen LogP contribution in [0, 0.1) is 34.0 Å². The van der Waals surface area contributed by atoms with Crippen molar-refractivity contribution in [2.45, 2.75) is 22.6 Å². The number of nitrogens with zero attached hydrogens (tertiary/aromatic N) is 4. The SMILES string of the molecule is CN(C)c1ccc(-c2cc3c(s2)C2=C(c4sc(/C=C/C5=C(C#N)C(=C(C#N)C#N)OC5(c5ccccc5)C(F)(F)F)cc4C2(c2ccccc2)c2ccccc2)C3(c2ccccc2)c2ccccc2)cc1. The quantitative estimate of drug-likeness (QED) is 0.135. The smallest absolute Gasteiger partial charge is 0.437 e. The van der Waals surface area contributed by atoms with Crippen LogP contribution in [0.4, 0.5) is 18.9 Å². The molecule has 1 unspecified atom stereocenters. The van der Waals surface area contributed by atoms with Crippen molar-refractivity contribution in [2.75, 3.05) is 19.0 Å². The van der Waals surface area contributed by atoms with E-state index < -0.39 is 45.1 Å². The molecule has 3 heterocycles. The summed E-state index contributed by atoms with van der Waals surface area (Å²) < 4.78 is 53.7. The monoisotopic (exact) mass is 964 g/mol. The molecule has 0 spiro atoms. The van der Waals surface area contributed by atoms with Crippen LogP contribution in [0.25, 0.3) is 27.7 Å². The third kappa shape index (κ3) is 6.55. The number of nitriles is 3. The Bertz CT molecular complexity index is 3550. The van der Waals surface area contributed by atoms with Gasteiger partial charge in [0, 0.05) is 50.4 Å². The highest BCUT2D eigenvalue weighted by atomic mass is 32.1. The summed E-state index contributed by atoms with van der Waals surface area (Å²) in [5, 5.41) is 30.5. The second-order valence-corrected chi connectivity index (χ2v) is 19.8. The van der Waals surface area contributed by atoms with Gasteiger partial charge in [0.05, 0.1) is 10.8 Å². The second-order valence-electron chi connectivity index (χ2n) is 17.7. The highest BCUT2D eigenvalue weighted by Crippen LogP contribution is 2.72. The number of allylic oxidation sites excluding steroid dienone is 4. The molecular weight excluding hydrogens is 926 g/mol. The molecular formula is C61H39F3N4OS2. The van der Waals surface area contributed by atoms with E-state index in [0.29, 0.717) is 4.88 Å². The van der Waals surface area contributed by atoms with Gasteiger partial charge < -0.3 is 9.64 Å². The number of thiophene rings is 2. The Balaban J connectivity index is 1.24. The molecule has 0 saturated heterocycles. The van der Waals surface area contributed by atoms with Gasteiger partial charge in [0.15, 0.2) is 11.3 Å². The van der Waals surface area contributed by atoms with Gasteiger partial charge >= 0.3 is 6.18 Å². The highest BCUT2D eigenvalue weighted by molar-refractivity contribution is 7.17. The lowest BCUT2D eigenvalue weighted by Crippen LogP contribution is -2.43. The van der Waals surface area contributed by atoms with Gasteiger partial charge in [-0.2, -0.15) is 29.0 Å². The number of halogens is 3. The Hall–Kier alpha value is -8.46. The summed E-state index contributed by atoms with van der Waals surface area (Å²) in [6.45, 7) is 0. The number of ether oxygens (including phenoxy) is 1. The number of alkyl halides is 3. The zero-order valence-corrected chi connectivity index (χ0v) is 39.8. The zero-order valence-electron chi connectivity index (χ0n) is 38.2. The summed E-state index contributed by atoms with van der Waals surface area (Å²) in [5.74, 6) is -0.713. The van der Waals surface area contributed by atoms with Crippen LogP contribution >= 0.6 is 22.7 Å². The van der Waals surface area contributed by atoms with Crippen molar-refractivity contribution in [3.8, 4) is 28.6 Å². The van der Waals surface area contributed by atoms with E-state index in [-0.39, 0.29) is 5.56 Å². The van der Waals surface area contributed by atoms with Gasteiger partial charge in [-0.05, 0) is 80.4 Å². The summed E-state index contributed by atoms with van der Waals surface area (Å²) in [6.07, 6.45) is -2.25. The first-order valence-electron chi connectivity index (χ1n) is 22.8. The number of anilines is 1. The number of fused-ring (bicyclic) bond motifs is 4. The molecule has 1 atom stereocenters. The molecule has 6 aromatic carbocycles. The van der Waals surface area contributed by atoms with Crippen molar-refractivity contribution < 1.29 is 17.9 Å². The van der Waals surface area contributed by atoms with E-state index >= 15 is 13.2 Å². The standard InChI is InChI=1S/C61H39F3N4OS2/c1-68(2)46-30-28-39(29-31-46)52-35-51-57(71-52)54-53(59(51,43-22-12-5-13-23-43)44-24-14-6-15-25-44)56-50(58(54,41-18-8-3-9-19-41)42-20-10-4-11-21-42)34-47(70-56)32-33-49-48(38-67)55(40(36-65)37-66)69-60(49,61(62,63)64)45-26-16-7-17-27-45/h3-35H,1-2H3/b33-32+. The van der Waals surface area contributed by atoms with E-state index in [1.807, 2.05) is 68.7 Å². The Labute approximate surface area is 417 Å². The van der Waals surface area contributed by atoms with E-state index in [2.05, 4.69) is 114 Å². The van der Waals surface area contributed by atoms with Crippen molar-refractivity contribution >= 4 is 45.6 Å². The lowest BCUT2D eigenvalue weighted by molar-refractivity contribution is -0.249. The summed E-state index contributed by atoms with van der Waals surface area (Å²) in [7, 11) is 4.06. The van der Waals surface area contributed by atoms with Gasteiger partial charge in [-0.25, -0.2) is 0 Å². The Kier molecular flexibility index (Phi) is 10.9. The lowest BCUT2D eigenvalue weighted by atomic mass is 9.67. The Morgan fingerprint density at radius 2 is 1.00 bits per heavy atom. The molecule has 0 radical (unpaired) electrons. The Morgan fingerprint density at radius 3 is 1.42 bits per heavy atom. The Morgan fingerprint density at radius 1 is 0.563 bits per heavy atom. The predicted molar refractivity (Wildman–Crippen MR) is 276 cm³/mol. The van der Waals surface area contributed by atoms with Crippen LogP contribution < -0.4 is 4.90 Å². The van der Waals surface area contributed by atoms with E-state index in [1.54, 1.807) is 35.6 Å². The van der Waals surface area contributed by atoms with Crippen molar-refractivity contribution in [1.82, 2.24) is 0 Å². The summed E-state index contributed by atoms with van der Waals surface area (Å²) in [4.78, 5) is 5.94. The lowest BCUT2D eigenvalue weighted by Gasteiger charge is -2.35. The number of rotatable bonds is 9. The molecule has 0 bridgehead atoms. The molecule has 0 N–H and O–H groups in total. The molecule has 5 nitrogen and oxygen atoms in total. The summed E-state index contributed by atoms with van der Waals surface area (Å²) in [6, 6.07) is 67.2. The van der Waals surface area contributed by atoms with E-state index in [4.69, 9.17) is 4.74 Å². The largest absolute Gasteiger partial charge is 0.465 e. The molecule has 3 aliphatic rings. The maximum atomic E-state index is 16.0. The zero-order chi connectivity index (χ0) is 49.1. The maximum absolute atomic E-state index is 16.0. The first-order valence-corrected chi connectivity index (χ1v) is 24.4. The first kappa shape index (κ1) is 45.0. The molecule has 1 aliphatic heterocycles. The fraction of sp³-hybridized carbons (Fsp3) is 0.0984. The number of hydrogen-bond donors (Lipinski definition) is 0. The van der Waals surface area contributed by atoms with Crippen LogP contribution in [0.1, 0.15) is 53.6 Å². The maximum Gasteiger partial charge on any atom is 0.437 e. The highest BCUT2D eigenvalue weighted by Gasteiger charge is 2.65. The molecule has 71 heavy (non-hydrogen) atoms. The van der Waals surface area contributed by atoms with Gasteiger partial charge in [-0.15, -0.1) is 22.7 Å². The fourth-order valence-electron chi connectivity index (χ4n) is 11.0. The molecule has 0 amide bonds. The van der Waals surface area contributed by atoms with Crippen molar-refractivity contribution in [3.63, 3.8) is 0 Å². The van der Waals surface area contributed by atoms with Crippen LogP contribution in [0.15, 0.2) is 217 Å². The molecule has 11 rings (SSSR count). The van der Waals surface area contributed by atoms with E-state index in [0.717, 1.165) is 70.4 Å². The minimum Gasteiger partial charge on any atom is -0.465 e. The summed E-state index contributed by atoms with van der Waals surface area (Å²) >= 11 is 3.26. The van der Waals surface area contributed by atoms with Crippen LogP contribution in [0.2, 0.25) is 0 Å². The van der Waals surface area contributed by atoms with Gasteiger partial charge in [-0.1, -0.05) is 170 Å². The topological polar surface area (TPSA) is 83.8 Å². The molecule has 2 aliphatic carbocycles. The van der Waals surface area contributed by atoms with Crippen molar-refractivity contribution in [1.29, 1.82) is 15.8 Å². The van der Waals surface area contributed by atoms with E-state index in [9.17, 15) is 15.8 Å². The van der Waals surface area contributed by atoms with Gasteiger partial charge in [-0.3, -0.25) is 0 Å². The molecule has 0 saturated carbocycles. The first-order chi connectivity index (χ1) is 34.5. The van der Waals surface area contributed by atoms with Crippen LogP contribution in [-0.2, 0) is 21.2 Å². The van der Waals surface area contributed by atoms with Gasteiger partial charge in [0.2, 0.25) is 0 Å². The minimum absolute atomic E-state index is 0.304. The average molecular weight is 965 g/mol. The molecule has 2 aromatic heterocycles. The predicted octanol–water partition coefficient (Wildman–Crippen LogP) is 14.8. The number of benzene rings is 6.